The maximum Gasteiger partial charge on any atom is 0.129 e. The van der Waals surface area contributed by atoms with E-state index in [9.17, 15) is 5.11 Å². The van der Waals surface area contributed by atoms with Crippen molar-refractivity contribution in [2.45, 2.75) is 12.7 Å². The third kappa shape index (κ3) is 5.37. The first kappa shape index (κ1) is 20.6. The third-order valence-electron chi connectivity index (χ3n) is 3.79. The van der Waals surface area contributed by atoms with Crippen LogP contribution in [0, 0.1) is 0 Å². The van der Waals surface area contributed by atoms with Crippen molar-refractivity contribution in [3.05, 3.63) is 63.9 Å². The van der Waals surface area contributed by atoms with Gasteiger partial charge in [0.15, 0.2) is 0 Å². The van der Waals surface area contributed by atoms with Gasteiger partial charge in [0.2, 0.25) is 0 Å². The van der Waals surface area contributed by atoms with E-state index in [4.69, 9.17) is 14.2 Å². The Balaban J connectivity index is 2.25. The number of hydrogen-bond acceptors (Lipinski definition) is 6. The summed E-state index contributed by atoms with van der Waals surface area (Å²) in [5, 5.41) is 10.7. The minimum Gasteiger partial charge on any atom is -0.497 e. The highest BCUT2D eigenvalue weighted by Crippen LogP contribution is 2.37. The Kier molecular flexibility index (Phi) is 8.22. The van der Waals surface area contributed by atoms with E-state index in [2.05, 4.69) is 0 Å². The van der Waals surface area contributed by atoms with Crippen LogP contribution in [0.15, 0.2) is 52.8 Å². The molecule has 1 N–H and O–H groups in total. The molecule has 0 saturated heterocycles. The summed E-state index contributed by atoms with van der Waals surface area (Å²) in [6.07, 6.45) is 4.97. The Hall–Kier alpha value is -1.76. The van der Waals surface area contributed by atoms with Crippen LogP contribution >= 0.6 is 23.5 Å². The Morgan fingerprint density at radius 3 is 2.23 bits per heavy atom. The van der Waals surface area contributed by atoms with Crippen LogP contribution < -0.4 is 14.2 Å². The Morgan fingerprint density at radius 2 is 1.65 bits per heavy atom. The summed E-state index contributed by atoms with van der Waals surface area (Å²) in [6.45, 7) is 0.387. The van der Waals surface area contributed by atoms with Gasteiger partial charge in [-0.25, -0.2) is 0 Å². The van der Waals surface area contributed by atoms with Gasteiger partial charge in [0.05, 0.1) is 19.8 Å². The average molecular weight is 393 g/mol. The number of ether oxygens (including phenoxy) is 3. The first-order valence-electron chi connectivity index (χ1n) is 8.03. The van der Waals surface area contributed by atoms with Crippen molar-refractivity contribution in [3.63, 3.8) is 0 Å². The van der Waals surface area contributed by atoms with Crippen molar-refractivity contribution in [1.82, 2.24) is 0 Å². The molecule has 4 nitrogen and oxygen atoms in total. The van der Waals surface area contributed by atoms with Gasteiger partial charge < -0.3 is 19.3 Å². The van der Waals surface area contributed by atoms with Gasteiger partial charge in [-0.15, -0.1) is 23.5 Å². The molecule has 0 spiro atoms. The maximum absolute atomic E-state index is 10.7. The predicted molar refractivity (Wildman–Crippen MR) is 110 cm³/mol. The zero-order valence-corrected chi connectivity index (χ0v) is 17.0. The normalized spacial score (nSPS) is 11.6. The summed E-state index contributed by atoms with van der Waals surface area (Å²) >= 11 is 3.19. The van der Waals surface area contributed by atoms with Gasteiger partial charge in [-0.05, 0) is 48.4 Å². The monoisotopic (exact) mass is 392 g/mol. The average Bonchev–Trinajstić information content (AvgIpc) is 2.70. The number of aliphatic hydroxyl groups is 1. The van der Waals surface area contributed by atoms with Crippen LogP contribution in [0.3, 0.4) is 0 Å². The van der Waals surface area contributed by atoms with Crippen LogP contribution in [0.5, 0.6) is 17.2 Å². The minimum atomic E-state index is -0.813. The summed E-state index contributed by atoms with van der Waals surface area (Å²) in [5.41, 5.74) is 1.64. The van der Waals surface area contributed by atoms with Gasteiger partial charge in [0.1, 0.15) is 30.0 Å². The molecule has 2 aromatic carbocycles. The molecule has 0 aliphatic carbocycles. The van der Waals surface area contributed by atoms with Crippen LogP contribution in [-0.4, -0.2) is 31.8 Å². The lowest BCUT2D eigenvalue weighted by Crippen LogP contribution is -2.04. The van der Waals surface area contributed by atoms with Crippen molar-refractivity contribution < 1.29 is 19.3 Å². The van der Waals surface area contributed by atoms with Crippen LogP contribution in [0.1, 0.15) is 17.2 Å². The molecule has 0 amide bonds. The van der Waals surface area contributed by atoms with Gasteiger partial charge in [-0.3, -0.25) is 0 Å². The van der Waals surface area contributed by atoms with Crippen LogP contribution in [0.4, 0.5) is 0 Å². The Morgan fingerprint density at radius 1 is 1.00 bits per heavy atom. The van der Waals surface area contributed by atoms with Crippen molar-refractivity contribution >= 4 is 23.5 Å². The van der Waals surface area contributed by atoms with Gasteiger partial charge in [0, 0.05) is 4.24 Å². The lowest BCUT2D eigenvalue weighted by molar-refractivity contribution is 0.210. The summed E-state index contributed by atoms with van der Waals surface area (Å²) in [5.74, 6) is 2.01. The van der Waals surface area contributed by atoms with Crippen LogP contribution in [-0.2, 0) is 6.61 Å². The van der Waals surface area contributed by atoms with Crippen molar-refractivity contribution in [1.29, 1.82) is 0 Å². The highest BCUT2D eigenvalue weighted by atomic mass is 32.2. The fraction of sp³-hybridized carbons (Fsp3) is 0.300. The van der Waals surface area contributed by atoms with E-state index < -0.39 is 6.10 Å². The quantitative estimate of drug-likeness (QED) is 0.656. The van der Waals surface area contributed by atoms with E-state index in [1.54, 1.807) is 37.7 Å². The van der Waals surface area contributed by atoms with Crippen molar-refractivity contribution in [2.75, 3.05) is 26.7 Å². The van der Waals surface area contributed by atoms with E-state index in [1.807, 2.05) is 61.1 Å². The first-order chi connectivity index (χ1) is 12.6. The fourth-order valence-corrected chi connectivity index (χ4v) is 3.63. The third-order valence-corrected chi connectivity index (χ3v) is 5.87. The second kappa shape index (κ2) is 10.4. The number of benzene rings is 2. The molecular formula is C20H24O4S2. The molecule has 140 valence electrons. The van der Waals surface area contributed by atoms with E-state index in [-0.39, 0.29) is 0 Å². The summed E-state index contributed by atoms with van der Waals surface area (Å²) in [6, 6.07) is 13.2. The molecule has 0 aromatic heterocycles. The number of methoxy groups -OCH3 is 2. The maximum atomic E-state index is 10.7. The van der Waals surface area contributed by atoms with E-state index in [1.165, 1.54) is 0 Å². The largest absolute Gasteiger partial charge is 0.497 e. The summed E-state index contributed by atoms with van der Waals surface area (Å²) in [4.78, 5) is 0. The predicted octanol–water partition coefficient (Wildman–Crippen LogP) is 4.88. The number of thioether (sulfide) groups is 2. The highest BCUT2D eigenvalue weighted by Gasteiger charge is 2.18. The molecule has 26 heavy (non-hydrogen) atoms. The van der Waals surface area contributed by atoms with Gasteiger partial charge in [-0.2, -0.15) is 0 Å². The zero-order valence-electron chi connectivity index (χ0n) is 15.4. The molecule has 2 aromatic rings. The zero-order chi connectivity index (χ0) is 18.9. The van der Waals surface area contributed by atoms with Gasteiger partial charge in [-0.1, -0.05) is 18.2 Å². The smallest absolute Gasteiger partial charge is 0.129 e. The van der Waals surface area contributed by atoms with Crippen molar-refractivity contribution in [3.8, 4) is 17.2 Å². The van der Waals surface area contributed by atoms with Crippen LogP contribution in [0.2, 0.25) is 0 Å². The molecule has 6 heteroatoms. The minimum absolute atomic E-state index is 0.387. The molecule has 0 fully saturated rings. The summed E-state index contributed by atoms with van der Waals surface area (Å²) < 4.78 is 17.6. The fourth-order valence-electron chi connectivity index (χ4n) is 2.43. The van der Waals surface area contributed by atoms with E-state index >= 15 is 0 Å². The molecule has 1 unspecified atom stereocenters. The van der Waals surface area contributed by atoms with E-state index in [0.29, 0.717) is 23.7 Å². The Labute approximate surface area is 163 Å². The molecule has 0 aliphatic rings. The molecule has 0 bridgehead atoms. The number of aliphatic hydroxyl groups excluding tert-OH is 1. The molecule has 1 atom stereocenters. The first-order valence-corrected chi connectivity index (χ1v) is 10.5. The molecule has 0 radical (unpaired) electrons. The standard InChI is InChI=1S/C20H24O4S2/c1-22-15-10-8-14(9-11-15)13-24-18-7-5-6-17(23-2)20(18)16(21)12-19(25-3)26-4/h5-12,16,21H,13H2,1-4H3. The van der Waals surface area contributed by atoms with Crippen LogP contribution in [0.25, 0.3) is 0 Å². The lowest BCUT2D eigenvalue weighted by Gasteiger charge is -2.18. The topological polar surface area (TPSA) is 47.9 Å². The number of rotatable bonds is 9. The second-order valence-corrected chi connectivity index (χ2v) is 7.30. The lowest BCUT2D eigenvalue weighted by atomic mass is 10.1. The van der Waals surface area contributed by atoms with Crippen molar-refractivity contribution in [2.24, 2.45) is 0 Å². The van der Waals surface area contributed by atoms with Gasteiger partial charge >= 0.3 is 0 Å². The summed E-state index contributed by atoms with van der Waals surface area (Å²) in [7, 11) is 3.23. The Bertz CT molecular complexity index is 723. The molecular weight excluding hydrogens is 368 g/mol. The highest BCUT2D eigenvalue weighted by molar-refractivity contribution is 8.21. The molecule has 2 rings (SSSR count). The number of hydrogen-bond donors (Lipinski definition) is 1. The second-order valence-electron chi connectivity index (χ2n) is 5.35. The van der Waals surface area contributed by atoms with E-state index in [0.717, 1.165) is 15.6 Å². The van der Waals surface area contributed by atoms with Gasteiger partial charge in [0.25, 0.3) is 0 Å². The molecule has 0 aliphatic heterocycles. The molecule has 0 heterocycles. The molecule has 0 saturated carbocycles. The SMILES string of the molecule is COc1ccc(COc2cccc(OC)c2C(O)C=C(SC)SC)cc1.